The fourth-order valence-electron chi connectivity index (χ4n) is 3.84. The number of amides is 3. The van der Waals surface area contributed by atoms with Crippen LogP contribution in [0.5, 0.6) is 11.5 Å². The SMILES string of the molecule is Cc1ccc(OCCNC(=O)COc2cccc3c(C4CCC(=O)NC4=O)nn(C)c23)cc1. The Labute approximate surface area is 191 Å². The fourth-order valence-corrected chi connectivity index (χ4v) is 3.84. The lowest BCUT2D eigenvalue weighted by molar-refractivity contribution is -0.134. The molecule has 1 fully saturated rings. The maximum Gasteiger partial charge on any atom is 0.258 e. The van der Waals surface area contributed by atoms with E-state index in [9.17, 15) is 14.4 Å². The summed E-state index contributed by atoms with van der Waals surface area (Å²) in [5.74, 6) is -0.140. The first-order valence-electron chi connectivity index (χ1n) is 10.8. The van der Waals surface area contributed by atoms with Crippen molar-refractivity contribution in [3.8, 4) is 11.5 Å². The molecule has 1 aliphatic rings. The Kier molecular flexibility index (Phi) is 6.58. The number of nitrogens with zero attached hydrogens (tertiary/aromatic N) is 2. The minimum Gasteiger partial charge on any atom is -0.492 e. The van der Waals surface area contributed by atoms with Crippen LogP contribution in [-0.2, 0) is 21.4 Å². The van der Waals surface area contributed by atoms with Gasteiger partial charge < -0.3 is 14.8 Å². The molecule has 9 nitrogen and oxygen atoms in total. The van der Waals surface area contributed by atoms with E-state index in [4.69, 9.17) is 9.47 Å². The highest BCUT2D eigenvalue weighted by molar-refractivity contribution is 6.03. The zero-order valence-corrected chi connectivity index (χ0v) is 18.6. The van der Waals surface area contributed by atoms with E-state index in [1.54, 1.807) is 23.9 Å². The van der Waals surface area contributed by atoms with Crippen LogP contribution in [0.25, 0.3) is 10.9 Å². The number of fused-ring (bicyclic) bond motifs is 1. The number of carbonyl (C=O) groups is 3. The van der Waals surface area contributed by atoms with E-state index in [2.05, 4.69) is 15.7 Å². The van der Waals surface area contributed by atoms with Gasteiger partial charge in [-0.25, -0.2) is 0 Å². The first-order chi connectivity index (χ1) is 15.9. The zero-order valence-electron chi connectivity index (χ0n) is 18.6. The van der Waals surface area contributed by atoms with Crippen molar-refractivity contribution in [3.63, 3.8) is 0 Å². The Balaban J connectivity index is 1.35. The van der Waals surface area contributed by atoms with Crippen LogP contribution in [-0.4, -0.2) is 47.3 Å². The van der Waals surface area contributed by atoms with Crippen LogP contribution in [0.1, 0.15) is 30.0 Å². The summed E-state index contributed by atoms with van der Waals surface area (Å²) in [5.41, 5.74) is 2.44. The predicted octanol–water partition coefficient (Wildman–Crippen LogP) is 1.98. The Morgan fingerprint density at radius 2 is 1.97 bits per heavy atom. The van der Waals surface area contributed by atoms with Crippen molar-refractivity contribution < 1.29 is 23.9 Å². The number of nitrogens with one attached hydrogen (secondary N) is 2. The molecule has 2 N–H and O–H groups in total. The van der Waals surface area contributed by atoms with Gasteiger partial charge in [0.05, 0.1) is 18.2 Å². The summed E-state index contributed by atoms with van der Waals surface area (Å²) in [7, 11) is 1.76. The van der Waals surface area contributed by atoms with Crippen molar-refractivity contribution in [2.24, 2.45) is 7.05 Å². The van der Waals surface area contributed by atoms with E-state index >= 15 is 0 Å². The lowest BCUT2D eigenvalue weighted by Crippen LogP contribution is -2.39. The molecule has 3 aromatic rings. The molecule has 172 valence electrons. The summed E-state index contributed by atoms with van der Waals surface area (Å²) >= 11 is 0. The van der Waals surface area contributed by atoms with Gasteiger partial charge in [0.25, 0.3) is 5.91 Å². The Morgan fingerprint density at radius 1 is 1.18 bits per heavy atom. The number of aromatic nitrogens is 2. The standard InChI is InChI=1S/C24H26N4O5/c1-15-6-8-16(9-7-15)32-13-12-25-21(30)14-33-19-5-3-4-17-22(27-28(2)23(17)19)18-10-11-20(29)26-24(18)31/h3-9,18H,10-14H2,1-2H3,(H,25,30)(H,26,29,31). The van der Waals surface area contributed by atoms with Crippen LogP contribution in [0.2, 0.25) is 0 Å². The summed E-state index contributed by atoms with van der Waals surface area (Å²) in [5, 5.41) is 10.4. The van der Waals surface area contributed by atoms with E-state index in [0.29, 0.717) is 36.5 Å². The van der Waals surface area contributed by atoms with Gasteiger partial charge in [0, 0.05) is 18.9 Å². The van der Waals surface area contributed by atoms with Gasteiger partial charge in [-0.3, -0.25) is 24.4 Å². The molecule has 1 atom stereocenters. The van der Waals surface area contributed by atoms with E-state index in [0.717, 1.165) is 16.7 Å². The summed E-state index contributed by atoms with van der Waals surface area (Å²) in [6.45, 7) is 2.54. The second kappa shape index (κ2) is 9.72. The summed E-state index contributed by atoms with van der Waals surface area (Å²) in [6.07, 6.45) is 0.688. The van der Waals surface area contributed by atoms with E-state index in [1.807, 2.05) is 37.3 Å². The molecule has 1 aromatic heterocycles. The van der Waals surface area contributed by atoms with Gasteiger partial charge in [0.1, 0.15) is 23.6 Å². The van der Waals surface area contributed by atoms with Gasteiger partial charge in [-0.05, 0) is 31.5 Å². The van der Waals surface area contributed by atoms with Gasteiger partial charge >= 0.3 is 0 Å². The van der Waals surface area contributed by atoms with E-state index in [-0.39, 0.29) is 30.7 Å². The molecule has 9 heteroatoms. The molecule has 1 aliphatic heterocycles. The molecule has 0 saturated carbocycles. The average Bonchev–Trinajstić information content (AvgIpc) is 3.13. The monoisotopic (exact) mass is 450 g/mol. The van der Waals surface area contributed by atoms with Crippen molar-refractivity contribution in [2.45, 2.75) is 25.7 Å². The highest BCUT2D eigenvalue weighted by Crippen LogP contribution is 2.34. The van der Waals surface area contributed by atoms with Gasteiger partial charge in [0.2, 0.25) is 11.8 Å². The van der Waals surface area contributed by atoms with Gasteiger partial charge in [-0.1, -0.05) is 29.8 Å². The Bertz CT molecular complexity index is 1190. The molecule has 2 heterocycles. The van der Waals surface area contributed by atoms with Crippen molar-refractivity contribution in [1.29, 1.82) is 0 Å². The second-order valence-electron chi connectivity index (χ2n) is 7.96. The topological polar surface area (TPSA) is 112 Å². The number of benzene rings is 2. The van der Waals surface area contributed by atoms with Gasteiger partial charge in [-0.2, -0.15) is 5.10 Å². The quantitative estimate of drug-likeness (QED) is 0.401. The first-order valence-corrected chi connectivity index (χ1v) is 10.8. The van der Waals surface area contributed by atoms with Crippen molar-refractivity contribution in [2.75, 3.05) is 19.8 Å². The second-order valence-corrected chi connectivity index (χ2v) is 7.96. The molecule has 0 aliphatic carbocycles. The normalized spacial score (nSPS) is 15.9. The van der Waals surface area contributed by atoms with Crippen molar-refractivity contribution in [1.82, 2.24) is 20.4 Å². The van der Waals surface area contributed by atoms with Crippen LogP contribution in [0.3, 0.4) is 0 Å². The third kappa shape index (κ3) is 5.14. The van der Waals surface area contributed by atoms with Crippen molar-refractivity contribution >= 4 is 28.6 Å². The van der Waals surface area contributed by atoms with E-state index < -0.39 is 5.92 Å². The fraction of sp³-hybridized carbons (Fsp3) is 0.333. The number of hydrogen-bond acceptors (Lipinski definition) is 6. The average molecular weight is 450 g/mol. The summed E-state index contributed by atoms with van der Waals surface area (Å²) < 4.78 is 13.0. The maximum absolute atomic E-state index is 12.3. The Hall–Kier alpha value is -3.88. The third-order valence-corrected chi connectivity index (χ3v) is 5.50. The molecule has 1 saturated heterocycles. The number of hydrogen-bond donors (Lipinski definition) is 2. The maximum atomic E-state index is 12.3. The molecule has 4 rings (SSSR count). The minimum absolute atomic E-state index is 0.164. The zero-order chi connectivity index (χ0) is 23.4. The van der Waals surface area contributed by atoms with Crippen LogP contribution in [0.4, 0.5) is 0 Å². The Morgan fingerprint density at radius 3 is 2.73 bits per heavy atom. The summed E-state index contributed by atoms with van der Waals surface area (Å²) in [4.78, 5) is 36.0. The van der Waals surface area contributed by atoms with Gasteiger partial charge in [-0.15, -0.1) is 0 Å². The number of imide groups is 1. The number of ether oxygens (including phenoxy) is 2. The third-order valence-electron chi connectivity index (χ3n) is 5.50. The lowest BCUT2D eigenvalue weighted by atomic mass is 9.93. The van der Waals surface area contributed by atoms with Gasteiger partial charge in [0.15, 0.2) is 6.61 Å². The van der Waals surface area contributed by atoms with Crippen LogP contribution < -0.4 is 20.1 Å². The highest BCUT2D eigenvalue weighted by atomic mass is 16.5. The van der Waals surface area contributed by atoms with E-state index in [1.165, 1.54) is 0 Å². The molecule has 2 aromatic carbocycles. The van der Waals surface area contributed by atoms with Crippen molar-refractivity contribution in [3.05, 3.63) is 53.7 Å². The largest absolute Gasteiger partial charge is 0.492 e. The number of piperidine rings is 1. The number of carbonyl (C=O) groups excluding carboxylic acids is 3. The van der Waals surface area contributed by atoms with Crippen LogP contribution in [0.15, 0.2) is 42.5 Å². The number of aryl methyl sites for hydroxylation is 2. The van der Waals surface area contributed by atoms with Crippen LogP contribution >= 0.6 is 0 Å². The lowest BCUT2D eigenvalue weighted by Gasteiger charge is -2.19. The summed E-state index contributed by atoms with van der Waals surface area (Å²) in [6, 6.07) is 13.1. The minimum atomic E-state index is -0.501. The van der Waals surface area contributed by atoms with Crippen LogP contribution in [0, 0.1) is 6.92 Å². The number of rotatable bonds is 8. The first kappa shape index (κ1) is 22.3. The molecular weight excluding hydrogens is 424 g/mol. The molecule has 0 radical (unpaired) electrons. The molecule has 0 bridgehead atoms. The molecule has 1 unspecified atom stereocenters. The number of para-hydroxylation sites is 1. The molecule has 33 heavy (non-hydrogen) atoms. The highest BCUT2D eigenvalue weighted by Gasteiger charge is 2.32. The predicted molar refractivity (Wildman–Crippen MR) is 121 cm³/mol. The molecule has 0 spiro atoms. The molecule has 3 amide bonds. The molecular formula is C24H26N4O5. The smallest absolute Gasteiger partial charge is 0.258 e.